The van der Waals surface area contributed by atoms with Gasteiger partial charge in [0.2, 0.25) is 0 Å². The van der Waals surface area contributed by atoms with E-state index in [0.717, 1.165) is 11.7 Å². The fraction of sp³-hybridized carbons (Fsp3) is 1.00. The molecule has 2 atom stereocenters. The van der Waals surface area contributed by atoms with Crippen molar-refractivity contribution in [2.45, 2.75) is 32.2 Å². The molecule has 0 aromatic rings. The van der Waals surface area contributed by atoms with Crippen LogP contribution in [0.1, 0.15) is 26.2 Å². The van der Waals surface area contributed by atoms with Crippen LogP contribution in [0.25, 0.3) is 0 Å². The van der Waals surface area contributed by atoms with Gasteiger partial charge in [-0.1, -0.05) is 13.3 Å². The van der Waals surface area contributed by atoms with Crippen LogP contribution in [0.4, 0.5) is 0 Å². The average molecular weight is 159 g/mol. The van der Waals surface area contributed by atoms with Crippen molar-refractivity contribution in [1.29, 1.82) is 0 Å². The van der Waals surface area contributed by atoms with Gasteiger partial charge in [0.15, 0.2) is 0 Å². The molecular formula is C8H17NS. The van der Waals surface area contributed by atoms with Crippen LogP contribution in [0.15, 0.2) is 0 Å². The minimum absolute atomic E-state index is 0.674. The summed E-state index contributed by atoms with van der Waals surface area (Å²) in [6.07, 6.45) is 4.07. The lowest BCUT2D eigenvalue weighted by Gasteiger charge is -2.12. The Bertz CT molecular complexity index is 95.3. The molecule has 1 fully saturated rings. The molecular weight excluding hydrogens is 142 g/mol. The third kappa shape index (κ3) is 2.51. The van der Waals surface area contributed by atoms with Crippen LogP contribution < -0.4 is 5.32 Å². The van der Waals surface area contributed by atoms with Gasteiger partial charge in [-0.15, -0.1) is 0 Å². The van der Waals surface area contributed by atoms with Crippen LogP contribution in [0.5, 0.6) is 0 Å². The fourth-order valence-electron chi connectivity index (χ4n) is 1.44. The maximum absolute atomic E-state index is 4.28. The molecule has 0 aromatic heterocycles. The van der Waals surface area contributed by atoms with Gasteiger partial charge in [-0.25, -0.2) is 0 Å². The zero-order valence-corrected chi connectivity index (χ0v) is 7.53. The van der Waals surface area contributed by atoms with Crippen molar-refractivity contribution >= 4 is 12.6 Å². The van der Waals surface area contributed by atoms with E-state index in [1.807, 2.05) is 0 Å². The van der Waals surface area contributed by atoms with E-state index < -0.39 is 0 Å². The molecule has 0 radical (unpaired) electrons. The molecule has 0 saturated carbocycles. The second-order valence-electron chi connectivity index (χ2n) is 3.32. The molecule has 0 spiro atoms. The van der Waals surface area contributed by atoms with Gasteiger partial charge < -0.3 is 5.32 Å². The van der Waals surface area contributed by atoms with Gasteiger partial charge in [0, 0.05) is 11.8 Å². The van der Waals surface area contributed by atoms with E-state index >= 15 is 0 Å². The van der Waals surface area contributed by atoms with Crippen molar-refractivity contribution in [3.8, 4) is 0 Å². The van der Waals surface area contributed by atoms with E-state index in [2.05, 4.69) is 24.9 Å². The van der Waals surface area contributed by atoms with E-state index in [0.29, 0.717) is 6.04 Å². The van der Waals surface area contributed by atoms with Gasteiger partial charge in [-0.2, -0.15) is 12.6 Å². The summed E-state index contributed by atoms with van der Waals surface area (Å²) in [5.41, 5.74) is 0. The van der Waals surface area contributed by atoms with Crippen LogP contribution in [-0.4, -0.2) is 18.3 Å². The molecule has 1 nitrogen and oxygen atoms in total. The molecule has 0 aliphatic carbocycles. The molecule has 10 heavy (non-hydrogen) atoms. The first-order chi connectivity index (χ1) is 4.83. The minimum atomic E-state index is 0.674. The van der Waals surface area contributed by atoms with E-state index in [1.54, 1.807) is 0 Å². The molecule has 0 bridgehead atoms. The highest BCUT2D eigenvalue weighted by Gasteiger charge is 2.12. The second-order valence-corrected chi connectivity index (χ2v) is 3.69. The molecule has 1 heterocycles. The van der Waals surface area contributed by atoms with Gasteiger partial charge in [0.25, 0.3) is 0 Å². The van der Waals surface area contributed by atoms with Crippen LogP contribution in [0.2, 0.25) is 0 Å². The van der Waals surface area contributed by atoms with Gasteiger partial charge in [-0.3, -0.25) is 0 Å². The minimum Gasteiger partial charge on any atom is -0.313 e. The Balaban J connectivity index is 2.26. The highest BCUT2D eigenvalue weighted by Crippen LogP contribution is 2.13. The molecule has 1 saturated heterocycles. The lowest BCUT2D eigenvalue weighted by molar-refractivity contribution is 0.506. The first-order valence-electron chi connectivity index (χ1n) is 4.17. The number of rotatable bonds is 1. The van der Waals surface area contributed by atoms with Crippen molar-refractivity contribution in [2.24, 2.45) is 5.92 Å². The Morgan fingerprint density at radius 1 is 1.50 bits per heavy atom. The molecule has 0 amide bonds. The first kappa shape index (κ1) is 8.41. The zero-order valence-electron chi connectivity index (χ0n) is 6.64. The Kier molecular flexibility index (Phi) is 3.57. The Labute approximate surface area is 69.0 Å². The van der Waals surface area contributed by atoms with Crippen LogP contribution >= 0.6 is 12.6 Å². The average Bonchev–Trinajstić information content (AvgIpc) is 2.14. The second kappa shape index (κ2) is 4.24. The molecule has 1 aliphatic heterocycles. The third-order valence-electron chi connectivity index (χ3n) is 2.22. The molecule has 2 heteroatoms. The van der Waals surface area contributed by atoms with E-state index in [4.69, 9.17) is 0 Å². The predicted molar refractivity (Wildman–Crippen MR) is 48.7 cm³/mol. The molecule has 60 valence electrons. The van der Waals surface area contributed by atoms with E-state index in [-0.39, 0.29) is 0 Å². The highest BCUT2D eigenvalue weighted by molar-refractivity contribution is 7.80. The zero-order chi connectivity index (χ0) is 7.40. The number of hydrogen-bond acceptors (Lipinski definition) is 2. The standard InChI is InChI=1S/C8H17NS/c1-7-3-2-4-8(6-10)9-5-7/h7-10H,2-6H2,1H3/t7-,8+/m1/s1. The number of nitrogens with one attached hydrogen (secondary N) is 1. The summed E-state index contributed by atoms with van der Waals surface area (Å²) in [5, 5.41) is 3.50. The Morgan fingerprint density at radius 2 is 2.30 bits per heavy atom. The van der Waals surface area contributed by atoms with Gasteiger partial charge >= 0.3 is 0 Å². The lowest BCUT2D eigenvalue weighted by Crippen LogP contribution is -2.31. The Hall–Kier alpha value is 0.310. The lowest BCUT2D eigenvalue weighted by atomic mass is 10.1. The van der Waals surface area contributed by atoms with Gasteiger partial charge in [0.05, 0.1) is 0 Å². The molecule has 1 rings (SSSR count). The number of hydrogen-bond donors (Lipinski definition) is 2. The molecule has 0 aromatic carbocycles. The molecule has 1 aliphatic rings. The highest BCUT2D eigenvalue weighted by atomic mass is 32.1. The van der Waals surface area contributed by atoms with Crippen molar-refractivity contribution < 1.29 is 0 Å². The molecule has 1 N–H and O–H groups in total. The summed E-state index contributed by atoms with van der Waals surface area (Å²) in [4.78, 5) is 0. The van der Waals surface area contributed by atoms with Gasteiger partial charge in [0.1, 0.15) is 0 Å². The van der Waals surface area contributed by atoms with E-state index in [1.165, 1.54) is 25.8 Å². The first-order valence-corrected chi connectivity index (χ1v) is 4.80. The van der Waals surface area contributed by atoms with Crippen molar-refractivity contribution in [3.63, 3.8) is 0 Å². The summed E-state index contributed by atoms with van der Waals surface area (Å²) in [6, 6.07) is 0.674. The fourth-order valence-corrected chi connectivity index (χ4v) is 1.75. The van der Waals surface area contributed by atoms with Crippen molar-refractivity contribution in [1.82, 2.24) is 5.32 Å². The Morgan fingerprint density at radius 3 is 3.00 bits per heavy atom. The number of thiol groups is 1. The maximum Gasteiger partial charge on any atom is 0.0155 e. The maximum atomic E-state index is 4.28. The largest absolute Gasteiger partial charge is 0.313 e. The summed E-state index contributed by atoms with van der Waals surface area (Å²) in [6.45, 7) is 3.50. The third-order valence-corrected chi connectivity index (χ3v) is 2.67. The van der Waals surface area contributed by atoms with Crippen LogP contribution in [0, 0.1) is 5.92 Å². The van der Waals surface area contributed by atoms with Crippen molar-refractivity contribution in [2.75, 3.05) is 12.3 Å². The topological polar surface area (TPSA) is 12.0 Å². The monoisotopic (exact) mass is 159 g/mol. The molecule has 0 unspecified atom stereocenters. The summed E-state index contributed by atoms with van der Waals surface area (Å²) >= 11 is 4.28. The van der Waals surface area contributed by atoms with Gasteiger partial charge in [-0.05, 0) is 25.3 Å². The normalized spacial score (nSPS) is 35.4. The van der Waals surface area contributed by atoms with Crippen molar-refractivity contribution in [3.05, 3.63) is 0 Å². The quantitative estimate of drug-likeness (QED) is 0.555. The summed E-state index contributed by atoms with van der Waals surface area (Å²) < 4.78 is 0. The van der Waals surface area contributed by atoms with Crippen LogP contribution in [0.3, 0.4) is 0 Å². The smallest absolute Gasteiger partial charge is 0.0155 e. The predicted octanol–water partition coefficient (Wildman–Crippen LogP) is 1.69. The van der Waals surface area contributed by atoms with Crippen LogP contribution in [-0.2, 0) is 0 Å². The summed E-state index contributed by atoms with van der Waals surface area (Å²) in [7, 11) is 0. The van der Waals surface area contributed by atoms with E-state index in [9.17, 15) is 0 Å². The summed E-state index contributed by atoms with van der Waals surface area (Å²) in [5.74, 6) is 1.86. The SMILES string of the molecule is C[C@@H]1CCC[C@@H](CS)NC1.